The highest BCUT2D eigenvalue weighted by Gasteiger charge is 2.18. The first-order valence-electron chi connectivity index (χ1n) is 7.75. The van der Waals surface area contributed by atoms with Crippen LogP contribution in [0.5, 0.6) is 0 Å². The van der Waals surface area contributed by atoms with E-state index in [1.807, 2.05) is 44.2 Å². The van der Waals surface area contributed by atoms with Gasteiger partial charge in [0, 0.05) is 4.88 Å². The lowest BCUT2D eigenvalue weighted by Gasteiger charge is -2.12. The lowest BCUT2D eigenvalue weighted by atomic mass is 10.2. The molecule has 2 aromatic heterocycles. The van der Waals surface area contributed by atoms with E-state index in [1.165, 1.54) is 30.2 Å². The molecule has 3 aromatic rings. The Hall–Kier alpha value is -2.12. The van der Waals surface area contributed by atoms with Crippen molar-refractivity contribution >= 4 is 39.3 Å². The fourth-order valence-electron chi connectivity index (χ4n) is 2.51. The van der Waals surface area contributed by atoms with Crippen LogP contribution < -0.4 is 5.56 Å². The van der Waals surface area contributed by atoms with Crippen LogP contribution in [0.2, 0.25) is 0 Å². The second kappa shape index (κ2) is 7.41. The molecule has 0 bridgehead atoms. The van der Waals surface area contributed by atoms with Crippen LogP contribution in [0.1, 0.15) is 16.0 Å². The van der Waals surface area contributed by atoms with Gasteiger partial charge >= 0.3 is 5.97 Å². The fraction of sp³-hybridized carbons (Fsp3) is 0.278. The number of ether oxygens (including phenoxy) is 1. The number of carbonyl (C=O) groups is 1. The van der Waals surface area contributed by atoms with E-state index in [0.717, 1.165) is 20.8 Å². The largest absolute Gasteiger partial charge is 0.468 e. The summed E-state index contributed by atoms with van der Waals surface area (Å²) in [7, 11) is 1.35. The van der Waals surface area contributed by atoms with Crippen molar-refractivity contribution in [3.8, 4) is 0 Å². The molecule has 1 aromatic carbocycles. The molecule has 0 unspecified atom stereocenters. The molecule has 7 heteroatoms. The number of aryl methyl sites for hydroxylation is 2. The molecule has 0 fully saturated rings. The summed E-state index contributed by atoms with van der Waals surface area (Å²) in [5, 5.41) is 1.20. The number of methoxy groups -OCH3 is 1. The van der Waals surface area contributed by atoms with Crippen molar-refractivity contribution in [3.63, 3.8) is 0 Å². The maximum absolute atomic E-state index is 13.1. The van der Waals surface area contributed by atoms with Crippen LogP contribution in [-0.4, -0.2) is 28.4 Å². The molecule has 0 amide bonds. The summed E-state index contributed by atoms with van der Waals surface area (Å²) < 4.78 is 6.34. The summed E-state index contributed by atoms with van der Waals surface area (Å²) >= 11 is 2.74. The van der Waals surface area contributed by atoms with Gasteiger partial charge in [0.2, 0.25) is 0 Å². The molecule has 3 rings (SSSR count). The molecule has 0 atom stereocenters. The summed E-state index contributed by atoms with van der Waals surface area (Å²) in [5.41, 5.74) is 1.92. The third-order valence-corrected chi connectivity index (χ3v) is 6.04. The average molecular weight is 374 g/mol. The third-order valence-electron chi connectivity index (χ3n) is 3.98. The van der Waals surface area contributed by atoms with Crippen LogP contribution in [0.4, 0.5) is 0 Å². The van der Waals surface area contributed by atoms with Gasteiger partial charge in [-0.3, -0.25) is 14.2 Å². The lowest BCUT2D eigenvalue weighted by Crippen LogP contribution is -2.24. The molecule has 130 valence electrons. The zero-order valence-corrected chi connectivity index (χ0v) is 15.9. The summed E-state index contributed by atoms with van der Waals surface area (Å²) in [6.07, 6.45) is 0. The Balaban J connectivity index is 2.12. The molecule has 25 heavy (non-hydrogen) atoms. The summed E-state index contributed by atoms with van der Waals surface area (Å²) in [6, 6.07) is 9.75. The third kappa shape index (κ3) is 3.62. The molecule has 0 radical (unpaired) electrons. The average Bonchev–Trinajstić information content (AvgIpc) is 2.90. The Morgan fingerprint density at radius 3 is 2.68 bits per heavy atom. The van der Waals surface area contributed by atoms with Crippen molar-refractivity contribution in [2.75, 3.05) is 12.9 Å². The van der Waals surface area contributed by atoms with Crippen LogP contribution in [0.25, 0.3) is 10.2 Å². The Morgan fingerprint density at radius 2 is 2.00 bits per heavy atom. The number of fused-ring (bicyclic) bond motifs is 1. The standard InChI is InChI=1S/C18H18N2O3S2/c1-11-12(2)25-16-15(11)17(22)20(9-13-7-5-4-6-8-13)18(19-16)24-10-14(21)23-3/h4-8H,9-10H2,1-3H3. The minimum atomic E-state index is -0.343. The fourth-order valence-corrected chi connectivity index (χ4v) is 4.41. The zero-order valence-electron chi connectivity index (χ0n) is 14.2. The zero-order chi connectivity index (χ0) is 18.0. The van der Waals surface area contributed by atoms with Gasteiger partial charge in [-0.25, -0.2) is 4.98 Å². The first kappa shape index (κ1) is 17.7. The normalized spacial score (nSPS) is 11.0. The number of benzene rings is 1. The second-order valence-corrected chi connectivity index (χ2v) is 7.75. The van der Waals surface area contributed by atoms with Crippen molar-refractivity contribution in [2.24, 2.45) is 0 Å². The van der Waals surface area contributed by atoms with E-state index < -0.39 is 0 Å². The van der Waals surface area contributed by atoms with Gasteiger partial charge < -0.3 is 4.74 Å². The highest BCUT2D eigenvalue weighted by atomic mass is 32.2. The Labute approximate surface area is 153 Å². The van der Waals surface area contributed by atoms with E-state index in [1.54, 1.807) is 4.57 Å². The number of carbonyl (C=O) groups excluding carboxylic acids is 1. The van der Waals surface area contributed by atoms with Gasteiger partial charge in [-0.05, 0) is 25.0 Å². The molecule has 0 aliphatic heterocycles. The van der Waals surface area contributed by atoms with Crippen LogP contribution >= 0.6 is 23.1 Å². The van der Waals surface area contributed by atoms with E-state index in [0.29, 0.717) is 17.1 Å². The molecule has 0 aliphatic carbocycles. The van der Waals surface area contributed by atoms with E-state index in [2.05, 4.69) is 4.98 Å². The molecule has 2 heterocycles. The first-order valence-corrected chi connectivity index (χ1v) is 9.55. The number of rotatable bonds is 5. The topological polar surface area (TPSA) is 61.2 Å². The first-order chi connectivity index (χ1) is 12.0. The van der Waals surface area contributed by atoms with Gasteiger partial charge in [-0.2, -0.15) is 0 Å². The molecule has 0 saturated carbocycles. The van der Waals surface area contributed by atoms with E-state index >= 15 is 0 Å². The molecular weight excluding hydrogens is 356 g/mol. The minimum Gasteiger partial charge on any atom is -0.468 e. The van der Waals surface area contributed by atoms with Crippen molar-refractivity contribution in [3.05, 3.63) is 56.7 Å². The summed E-state index contributed by atoms with van der Waals surface area (Å²) in [5.74, 6) is -0.226. The van der Waals surface area contributed by atoms with Gasteiger partial charge in [0.15, 0.2) is 5.16 Å². The Morgan fingerprint density at radius 1 is 1.28 bits per heavy atom. The number of hydrogen-bond donors (Lipinski definition) is 0. The van der Waals surface area contributed by atoms with Gasteiger partial charge in [0.25, 0.3) is 5.56 Å². The molecule has 0 N–H and O–H groups in total. The summed E-state index contributed by atoms with van der Waals surface area (Å²) in [6.45, 7) is 4.36. The molecule has 0 saturated heterocycles. The van der Waals surface area contributed by atoms with Crippen molar-refractivity contribution in [1.82, 2.24) is 9.55 Å². The van der Waals surface area contributed by atoms with Crippen molar-refractivity contribution < 1.29 is 9.53 Å². The quantitative estimate of drug-likeness (QED) is 0.389. The molecule has 0 spiro atoms. The van der Waals surface area contributed by atoms with Gasteiger partial charge in [-0.1, -0.05) is 42.1 Å². The Bertz CT molecular complexity index is 977. The lowest BCUT2D eigenvalue weighted by molar-refractivity contribution is -0.137. The smallest absolute Gasteiger partial charge is 0.316 e. The monoisotopic (exact) mass is 374 g/mol. The predicted octanol–water partition coefficient (Wildman–Crippen LogP) is 3.39. The Kier molecular flexibility index (Phi) is 5.24. The van der Waals surface area contributed by atoms with Crippen LogP contribution in [0.3, 0.4) is 0 Å². The van der Waals surface area contributed by atoms with Crippen LogP contribution in [0, 0.1) is 13.8 Å². The van der Waals surface area contributed by atoms with Gasteiger partial charge in [0.1, 0.15) is 4.83 Å². The number of aromatic nitrogens is 2. The van der Waals surface area contributed by atoms with Crippen LogP contribution in [0.15, 0.2) is 40.3 Å². The highest BCUT2D eigenvalue weighted by molar-refractivity contribution is 7.99. The number of hydrogen-bond acceptors (Lipinski definition) is 6. The maximum atomic E-state index is 13.1. The molecular formula is C18H18N2O3S2. The number of esters is 1. The highest BCUT2D eigenvalue weighted by Crippen LogP contribution is 2.28. The summed E-state index contributed by atoms with van der Waals surface area (Å²) in [4.78, 5) is 31.1. The minimum absolute atomic E-state index is 0.0666. The van der Waals surface area contributed by atoms with Crippen molar-refractivity contribution in [2.45, 2.75) is 25.5 Å². The van der Waals surface area contributed by atoms with E-state index in [-0.39, 0.29) is 17.3 Å². The van der Waals surface area contributed by atoms with Gasteiger partial charge in [-0.15, -0.1) is 11.3 Å². The maximum Gasteiger partial charge on any atom is 0.316 e. The van der Waals surface area contributed by atoms with E-state index in [9.17, 15) is 9.59 Å². The number of nitrogens with zero attached hydrogens (tertiary/aromatic N) is 2. The molecule has 0 aliphatic rings. The SMILES string of the molecule is COC(=O)CSc1nc2sc(C)c(C)c2c(=O)n1Cc1ccccc1. The number of thiophene rings is 1. The number of thioether (sulfide) groups is 1. The molecule has 5 nitrogen and oxygen atoms in total. The van der Waals surface area contributed by atoms with E-state index in [4.69, 9.17) is 4.74 Å². The van der Waals surface area contributed by atoms with Gasteiger partial charge in [0.05, 0.1) is 24.8 Å². The predicted molar refractivity (Wildman–Crippen MR) is 102 cm³/mol. The second-order valence-electron chi connectivity index (χ2n) is 5.60. The van der Waals surface area contributed by atoms with Crippen molar-refractivity contribution in [1.29, 1.82) is 0 Å². The van der Waals surface area contributed by atoms with Crippen LogP contribution in [-0.2, 0) is 16.1 Å².